The number of halogens is 1. The van der Waals surface area contributed by atoms with E-state index in [1.807, 2.05) is 25.1 Å². The molecule has 0 fully saturated rings. The van der Waals surface area contributed by atoms with Crippen LogP contribution >= 0.6 is 27.3 Å². The number of ether oxygens (including phenoxy) is 3. The monoisotopic (exact) mass is 785 g/mol. The lowest BCUT2D eigenvalue weighted by atomic mass is 9.95. The van der Waals surface area contributed by atoms with Gasteiger partial charge in [-0.25, -0.2) is 4.99 Å². The average Bonchev–Trinajstić information content (AvgIpc) is 3.42. The number of rotatable bonds is 11. The smallest absolute Gasteiger partial charge is 0.318 e. The number of carbonyl (C=O) groups is 1. The van der Waals surface area contributed by atoms with Crippen molar-refractivity contribution >= 4 is 56.3 Å². The first-order valence-electron chi connectivity index (χ1n) is 15.6. The largest absolute Gasteiger partial charge is 0.494 e. The number of nitrogens with zero attached hydrogens (tertiary/aromatic N) is 4. The zero-order valence-electron chi connectivity index (χ0n) is 27.7. The fourth-order valence-electron chi connectivity index (χ4n) is 5.59. The van der Waals surface area contributed by atoms with E-state index < -0.39 is 38.7 Å². The van der Waals surface area contributed by atoms with Gasteiger partial charge in [-0.1, -0.05) is 41.7 Å². The summed E-state index contributed by atoms with van der Waals surface area (Å²) in [4.78, 5) is 54.6. The molecular formula is C36H28BrN5O9S. The number of fused-ring (bicyclic) bond motifs is 1. The lowest BCUT2D eigenvalue weighted by Gasteiger charge is -2.25. The van der Waals surface area contributed by atoms with E-state index in [4.69, 9.17) is 19.2 Å². The predicted molar refractivity (Wildman–Crippen MR) is 197 cm³/mol. The minimum absolute atomic E-state index is 0.0678. The van der Waals surface area contributed by atoms with E-state index in [-0.39, 0.29) is 17.2 Å². The normalized spacial score (nSPS) is 13.9. The molecule has 5 aromatic rings. The summed E-state index contributed by atoms with van der Waals surface area (Å²) in [6, 6.07) is 21.6. The number of amides is 1. The number of para-hydroxylation sites is 1. The highest BCUT2D eigenvalue weighted by Crippen LogP contribution is 2.43. The van der Waals surface area contributed by atoms with Crippen LogP contribution in [0.3, 0.4) is 0 Å². The number of carbonyl (C=O) groups excluding carboxylic acids is 1. The first-order valence-corrected chi connectivity index (χ1v) is 17.2. The molecule has 6 rings (SSSR count). The van der Waals surface area contributed by atoms with Crippen LogP contribution in [0.15, 0.2) is 110 Å². The molecule has 0 saturated heterocycles. The Hall–Kier alpha value is -6.13. The van der Waals surface area contributed by atoms with Crippen LogP contribution < -0.4 is 34.4 Å². The molecule has 264 valence electrons. The molecule has 1 amide bonds. The SMILES string of the molecule is CCOc1ccc([C@@H]2C(C(=O)Nc3ccccc3)=C(C)N=c3s/c(=C\c4cc(Br)c(Oc5ccc([N+](=O)[O-])cc5[N+](=O)[O-])c(OC)c4)c(=O)n32)cc1. The van der Waals surface area contributed by atoms with Crippen molar-refractivity contribution < 1.29 is 28.9 Å². The second-order valence-corrected chi connectivity index (χ2v) is 13.1. The third-order valence-corrected chi connectivity index (χ3v) is 9.49. The number of nitro groups is 2. The summed E-state index contributed by atoms with van der Waals surface area (Å²) < 4.78 is 19.1. The first-order chi connectivity index (χ1) is 25.0. The molecule has 0 spiro atoms. The highest BCUT2D eigenvalue weighted by molar-refractivity contribution is 9.10. The molecule has 1 atom stereocenters. The van der Waals surface area contributed by atoms with Crippen molar-refractivity contribution in [3.63, 3.8) is 0 Å². The Morgan fingerprint density at radius 3 is 2.40 bits per heavy atom. The summed E-state index contributed by atoms with van der Waals surface area (Å²) in [5, 5.41) is 25.8. The summed E-state index contributed by atoms with van der Waals surface area (Å²) in [5.74, 6) is 0.220. The lowest BCUT2D eigenvalue weighted by Crippen LogP contribution is -2.40. The van der Waals surface area contributed by atoms with Crippen molar-refractivity contribution in [2.24, 2.45) is 4.99 Å². The van der Waals surface area contributed by atoms with Crippen molar-refractivity contribution in [3.05, 3.63) is 152 Å². The number of allylic oxidation sites excluding steroid dienone is 1. The number of hydrogen-bond acceptors (Lipinski definition) is 11. The molecule has 1 N–H and O–H groups in total. The van der Waals surface area contributed by atoms with Crippen molar-refractivity contribution in [1.29, 1.82) is 0 Å². The number of hydrogen-bond donors (Lipinski definition) is 1. The molecule has 0 radical (unpaired) electrons. The molecule has 1 aliphatic rings. The number of nitrogens with one attached hydrogen (secondary N) is 1. The Balaban J connectivity index is 1.43. The van der Waals surface area contributed by atoms with E-state index in [0.29, 0.717) is 54.2 Å². The molecule has 1 aromatic heterocycles. The molecule has 0 unspecified atom stereocenters. The van der Waals surface area contributed by atoms with E-state index in [2.05, 4.69) is 21.2 Å². The highest BCUT2D eigenvalue weighted by atomic mass is 79.9. The Morgan fingerprint density at radius 1 is 1.02 bits per heavy atom. The molecule has 0 aliphatic carbocycles. The molecule has 4 aromatic carbocycles. The van der Waals surface area contributed by atoms with Gasteiger partial charge in [0.25, 0.3) is 17.2 Å². The van der Waals surface area contributed by atoms with E-state index >= 15 is 0 Å². The number of benzene rings is 4. The summed E-state index contributed by atoms with van der Waals surface area (Å²) in [6.45, 7) is 4.09. The van der Waals surface area contributed by atoms with E-state index in [0.717, 1.165) is 29.5 Å². The Labute approximate surface area is 307 Å². The molecule has 14 nitrogen and oxygen atoms in total. The van der Waals surface area contributed by atoms with E-state index in [9.17, 15) is 29.8 Å². The fraction of sp³-hybridized carbons (Fsp3) is 0.139. The quantitative estimate of drug-likeness (QED) is 0.113. The van der Waals surface area contributed by atoms with Crippen LogP contribution in [0.5, 0.6) is 23.0 Å². The number of thiazole rings is 1. The first kappa shape index (κ1) is 35.7. The van der Waals surface area contributed by atoms with Gasteiger partial charge in [-0.15, -0.1) is 0 Å². The number of non-ortho nitro benzene ring substituents is 1. The predicted octanol–water partition coefficient (Wildman–Crippen LogP) is 6.65. The van der Waals surface area contributed by atoms with Crippen LogP contribution in [-0.2, 0) is 4.79 Å². The molecule has 0 bridgehead atoms. The standard InChI is InChI=1S/C36H28BrN5O9S/c1-4-50-25-13-10-22(11-14-25)32-31(34(43)39-23-8-6-5-7-9-23)20(2)38-36-40(32)35(44)30(52-36)18-21-16-26(37)33(29(17-21)49-3)51-28-15-12-24(41(45)46)19-27(28)42(47)48/h5-19,32H,4H2,1-3H3,(H,39,43)/b30-18-/t32-/m1/s1. The van der Waals surface area contributed by atoms with Crippen LogP contribution in [0.2, 0.25) is 0 Å². The minimum Gasteiger partial charge on any atom is -0.494 e. The summed E-state index contributed by atoms with van der Waals surface area (Å²) >= 11 is 4.58. The van der Waals surface area contributed by atoms with Gasteiger partial charge in [0.1, 0.15) is 5.75 Å². The summed E-state index contributed by atoms with van der Waals surface area (Å²) in [7, 11) is 1.37. The maximum Gasteiger partial charge on any atom is 0.318 e. The van der Waals surface area contributed by atoms with E-state index in [1.54, 1.807) is 61.5 Å². The second kappa shape index (κ2) is 15.0. The molecule has 52 heavy (non-hydrogen) atoms. The van der Waals surface area contributed by atoms with Gasteiger partial charge in [0.2, 0.25) is 5.75 Å². The van der Waals surface area contributed by atoms with Crippen LogP contribution in [0.1, 0.15) is 31.0 Å². The zero-order chi connectivity index (χ0) is 37.1. The third-order valence-electron chi connectivity index (χ3n) is 7.92. The minimum atomic E-state index is -0.813. The summed E-state index contributed by atoms with van der Waals surface area (Å²) in [5.41, 5.74) is 1.06. The Kier molecular flexibility index (Phi) is 10.3. The lowest BCUT2D eigenvalue weighted by molar-refractivity contribution is -0.394. The highest BCUT2D eigenvalue weighted by Gasteiger charge is 2.33. The third kappa shape index (κ3) is 7.19. The average molecular weight is 787 g/mol. The van der Waals surface area contributed by atoms with Crippen LogP contribution in [0, 0.1) is 20.2 Å². The maximum absolute atomic E-state index is 14.3. The van der Waals surface area contributed by atoms with Gasteiger partial charge in [-0.05, 0) is 89.4 Å². The Morgan fingerprint density at radius 2 is 1.75 bits per heavy atom. The Bertz CT molecular complexity index is 2450. The van der Waals surface area contributed by atoms with Crippen LogP contribution in [0.4, 0.5) is 17.1 Å². The van der Waals surface area contributed by atoms with Gasteiger partial charge in [0.05, 0.1) is 55.9 Å². The van der Waals surface area contributed by atoms with Gasteiger partial charge in [-0.2, -0.15) is 0 Å². The van der Waals surface area contributed by atoms with Crippen molar-refractivity contribution in [2.75, 3.05) is 19.0 Å². The van der Waals surface area contributed by atoms with Gasteiger partial charge in [0, 0.05) is 11.8 Å². The topological polar surface area (TPSA) is 177 Å². The van der Waals surface area contributed by atoms with Gasteiger partial charge >= 0.3 is 5.69 Å². The maximum atomic E-state index is 14.3. The molecule has 0 saturated carbocycles. The summed E-state index contributed by atoms with van der Waals surface area (Å²) in [6.07, 6.45) is 1.63. The van der Waals surface area contributed by atoms with Crippen molar-refractivity contribution in [3.8, 4) is 23.0 Å². The number of aromatic nitrogens is 1. The molecule has 16 heteroatoms. The number of methoxy groups -OCH3 is 1. The van der Waals surface area contributed by atoms with Gasteiger partial charge < -0.3 is 19.5 Å². The fourth-order valence-corrected chi connectivity index (χ4v) is 7.18. The molecule has 2 heterocycles. The molecular weight excluding hydrogens is 758 g/mol. The number of anilines is 1. The second-order valence-electron chi connectivity index (χ2n) is 11.2. The molecule has 1 aliphatic heterocycles. The van der Waals surface area contributed by atoms with Gasteiger partial charge in [0.15, 0.2) is 16.3 Å². The van der Waals surface area contributed by atoms with Crippen molar-refractivity contribution in [1.82, 2.24) is 4.57 Å². The van der Waals surface area contributed by atoms with Crippen LogP contribution in [-0.4, -0.2) is 34.0 Å². The van der Waals surface area contributed by atoms with E-state index in [1.165, 1.54) is 11.7 Å². The van der Waals surface area contributed by atoms with Gasteiger partial charge in [-0.3, -0.25) is 34.4 Å². The van der Waals surface area contributed by atoms with Crippen LogP contribution in [0.25, 0.3) is 6.08 Å². The van der Waals surface area contributed by atoms with Crippen molar-refractivity contribution in [2.45, 2.75) is 19.9 Å². The zero-order valence-corrected chi connectivity index (χ0v) is 30.1. The number of nitro benzene ring substituents is 2.